The molecule has 98 valence electrons. The maximum absolute atomic E-state index is 10.7. The second kappa shape index (κ2) is 7.88. The van der Waals surface area contributed by atoms with Crippen LogP contribution in [0.25, 0.3) is 0 Å². The molecule has 0 rings (SSSR count). The van der Waals surface area contributed by atoms with Crippen LogP contribution in [0.4, 0.5) is 0 Å². The highest BCUT2D eigenvalue weighted by atomic mass is 32.8. The third kappa shape index (κ3) is 14.7. The molecular weight excluding hydrogens is 288 g/mol. The number of unbranched alkanes of at least 4 members (excludes halogenated alkanes) is 5. The summed E-state index contributed by atoms with van der Waals surface area (Å²) in [6, 6.07) is 0. The molecule has 4 nitrogen and oxygen atoms in total. The Morgan fingerprint density at radius 3 is 1.19 bits per heavy atom. The van der Waals surface area contributed by atoms with E-state index in [0.717, 1.165) is 25.7 Å². The smallest absolute Gasteiger partial charge is 0.141 e. The van der Waals surface area contributed by atoms with E-state index in [1.807, 2.05) is 0 Å². The molecule has 0 fully saturated rings. The number of hydrogen-bond donors (Lipinski definition) is 2. The zero-order chi connectivity index (χ0) is 12.7. The Bertz CT molecular complexity index is 333. The fourth-order valence-corrected chi connectivity index (χ4v) is 3.12. The van der Waals surface area contributed by atoms with Gasteiger partial charge in [-0.25, -0.2) is 8.42 Å². The molecule has 0 spiro atoms. The van der Waals surface area contributed by atoms with E-state index in [2.05, 4.69) is 22.4 Å². The first-order valence-corrected chi connectivity index (χ1v) is 10.3. The SMILES string of the molecule is O=S(O)(=S)CCCCCCCCS(=O)(O)=S. The van der Waals surface area contributed by atoms with Gasteiger partial charge in [-0.1, -0.05) is 25.7 Å². The summed E-state index contributed by atoms with van der Waals surface area (Å²) in [7, 11) is -5.98. The van der Waals surface area contributed by atoms with Gasteiger partial charge >= 0.3 is 0 Å². The molecule has 0 aromatic carbocycles. The van der Waals surface area contributed by atoms with Crippen molar-refractivity contribution in [1.29, 1.82) is 0 Å². The molecule has 0 aliphatic rings. The largest absolute Gasteiger partial charge is 0.306 e. The lowest BCUT2D eigenvalue weighted by Gasteiger charge is -2.02. The van der Waals surface area contributed by atoms with Gasteiger partial charge in [0.1, 0.15) is 17.5 Å². The highest BCUT2D eigenvalue weighted by Crippen LogP contribution is 2.07. The van der Waals surface area contributed by atoms with Crippen LogP contribution in [0.5, 0.6) is 0 Å². The summed E-state index contributed by atoms with van der Waals surface area (Å²) < 4.78 is 39.1. The molecule has 0 amide bonds. The summed E-state index contributed by atoms with van der Waals surface area (Å²) in [6.45, 7) is 0. The van der Waals surface area contributed by atoms with Gasteiger partial charge < -0.3 is 9.11 Å². The summed E-state index contributed by atoms with van der Waals surface area (Å²) in [5.41, 5.74) is 0. The molecular formula is C8H18O4S4. The molecule has 2 unspecified atom stereocenters. The van der Waals surface area contributed by atoms with Gasteiger partial charge in [-0.05, 0) is 12.8 Å². The Labute approximate surface area is 107 Å². The third-order valence-electron chi connectivity index (χ3n) is 2.05. The van der Waals surface area contributed by atoms with E-state index in [0.29, 0.717) is 12.8 Å². The van der Waals surface area contributed by atoms with E-state index in [9.17, 15) is 8.42 Å². The first kappa shape index (κ1) is 16.7. The predicted molar refractivity (Wildman–Crippen MR) is 73.7 cm³/mol. The van der Waals surface area contributed by atoms with Crippen LogP contribution in [-0.4, -0.2) is 29.0 Å². The molecule has 0 saturated heterocycles. The Balaban J connectivity index is 3.29. The van der Waals surface area contributed by atoms with Gasteiger partial charge in [0.05, 0.1) is 0 Å². The van der Waals surface area contributed by atoms with Crippen molar-refractivity contribution in [3.8, 4) is 0 Å². The molecule has 16 heavy (non-hydrogen) atoms. The van der Waals surface area contributed by atoms with Gasteiger partial charge in [0.2, 0.25) is 0 Å². The van der Waals surface area contributed by atoms with E-state index in [1.54, 1.807) is 0 Å². The van der Waals surface area contributed by atoms with Crippen molar-refractivity contribution in [3.63, 3.8) is 0 Å². The van der Waals surface area contributed by atoms with Crippen molar-refractivity contribution in [3.05, 3.63) is 0 Å². The summed E-state index contributed by atoms with van der Waals surface area (Å²) in [5.74, 6) is 0.359. The average Bonchev–Trinajstić information content (AvgIpc) is 2.06. The lowest BCUT2D eigenvalue weighted by molar-refractivity contribution is 0.547. The Morgan fingerprint density at radius 2 is 0.938 bits per heavy atom. The Hall–Kier alpha value is 0.660. The van der Waals surface area contributed by atoms with E-state index < -0.39 is 17.5 Å². The van der Waals surface area contributed by atoms with Gasteiger partial charge in [0.15, 0.2) is 0 Å². The molecule has 0 saturated carbocycles. The van der Waals surface area contributed by atoms with E-state index >= 15 is 0 Å². The first-order valence-electron chi connectivity index (χ1n) is 5.11. The van der Waals surface area contributed by atoms with Crippen LogP contribution in [0.15, 0.2) is 0 Å². The molecule has 0 aliphatic heterocycles. The number of rotatable bonds is 9. The van der Waals surface area contributed by atoms with Crippen molar-refractivity contribution < 1.29 is 17.5 Å². The third-order valence-corrected chi connectivity index (χ3v) is 4.66. The summed E-state index contributed by atoms with van der Waals surface area (Å²) in [6.07, 6.45) is 4.98. The Morgan fingerprint density at radius 1 is 0.688 bits per heavy atom. The minimum atomic E-state index is -2.99. The van der Waals surface area contributed by atoms with Crippen LogP contribution in [0.2, 0.25) is 0 Å². The topological polar surface area (TPSA) is 74.6 Å². The fourth-order valence-electron chi connectivity index (χ4n) is 1.28. The predicted octanol–water partition coefficient (Wildman–Crippen LogP) is 1.77. The van der Waals surface area contributed by atoms with Crippen LogP contribution in [0.1, 0.15) is 38.5 Å². The van der Waals surface area contributed by atoms with Crippen molar-refractivity contribution in [2.75, 3.05) is 11.5 Å². The van der Waals surface area contributed by atoms with E-state index in [4.69, 9.17) is 9.11 Å². The van der Waals surface area contributed by atoms with Crippen LogP contribution >= 0.6 is 0 Å². The zero-order valence-corrected chi connectivity index (χ0v) is 12.3. The summed E-state index contributed by atoms with van der Waals surface area (Å²) >= 11 is 8.71. The van der Waals surface area contributed by atoms with Gasteiger partial charge in [-0.3, -0.25) is 0 Å². The maximum Gasteiger partial charge on any atom is 0.141 e. The molecule has 2 N–H and O–H groups in total. The standard InChI is InChI=1S/C8H18O4S4/c9-15(10,13)7-5-3-1-2-4-6-8-16(11,12)14/h1-8H2,(H,9,10,13)(H,11,12,14). The first-order chi connectivity index (χ1) is 7.21. The van der Waals surface area contributed by atoms with Crippen molar-refractivity contribution in [2.24, 2.45) is 0 Å². The van der Waals surface area contributed by atoms with Gasteiger partial charge in [-0.2, -0.15) is 0 Å². The Kier molecular flexibility index (Phi) is 8.21. The quantitative estimate of drug-likeness (QED) is 0.632. The molecule has 0 radical (unpaired) electrons. The number of hydrogen-bond acceptors (Lipinski definition) is 4. The molecule has 0 bridgehead atoms. The fraction of sp³-hybridized carbons (Fsp3) is 1.00. The van der Waals surface area contributed by atoms with E-state index in [1.165, 1.54) is 0 Å². The minimum absolute atomic E-state index is 0.180. The van der Waals surface area contributed by atoms with Crippen LogP contribution in [-0.2, 0) is 39.9 Å². The highest BCUT2D eigenvalue weighted by Gasteiger charge is 2.01. The monoisotopic (exact) mass is 306 g/mol. The molecule has 2 atom stereocenters. The lowest BCUT2D eigenvalue weighted by Crippen LogP contribution is -2.02. The van der Waals surface area contributed by atoms with Gasteiger partial charge in [-0.15, -0.1) is 0 Å². The van der Waals surface area contributed by atoms with Crippen LogP contribution < -0.4 is 0 Å². The molecule has 0 aliphatic carbocycles. The van der Waals surface area contributed by atoms with Gasteiger partial charge in [0, 0.05) is 33.9 Å². The molecule has 8 heteroatoms. The molecule has 0 aromatic rings. The van der Waals surface area contributed by atoms with Crippen LogP contribution in [0, 0.1) is 0 Å². The zero-order valence-electron chi connectivity index (χ0n) is 9.00. The van der Waals surface area contributed by atoms with E-state index in [-0.39, 0.29) is 11.5 Å². The second-order valence-electron chi connectivity index (χ2n) is 3.69. The van der Waals surface area contributed by atoms with Crippen LogP contribution in [0.3, 0.4) is 0 Å². The van der Waals surface area contributed by atoms with Gasteiger partial charge in [0.25, 0.3) is 0 Å². The maximum atomic E-state index is 10.7. The molecule has 0 aromatic heterocycles. The average molecular weight is 306 g/mol. The normalized spacial score (nSPS) is 18.9. The minimum Gasteiger partial charge on any atom is -0.306 e. The summed E-state index contributed by atoms with van der Waals surface area (Å²) in [5, 5.41) is 0. The summed E-state index contributed by atoms with van der Waals surface area (Å²) in [4.78, 5) is 0. The second-order valence-corrected chi connectivity index (χ2v) is 9.96. The lowest BCUT2D eigenvalue weighted by atomic mass is 10.1. The van der Waals surface area contributed by atoms with Crippen molar-refractivity contribution in [1.82, 2.24) is 0 Å². The van der Waals surface area contributed by atoms with Crippen molar-refractivity contribution in [2.45, 2.75) is 38.5 Å². The van der Waals surface area contributed by atoms with Crippen molar-refractivity contribution >= 4 is 39.9 Å². The highest BCUT2D eigenvalue weighted by molar-refractivity contribution is 8.30. The molecule has 0 heterocycles.